The molecule has 1 aromatic heterocycles. The van der Waals surface area contributed by atoms with Gasteiger partial charge in [-0.1, -0.05) is 12.1 Å². The molecule has 21 heavy (non-hydrogen) atoms. The molecule has 1 amide bonds. The van der Waals surface area contributed by atoms with Crippen molar-refractivity contribution in [1.29, 1.82) is 0 Å². The Morgan fingerprint density at radius 1 is 1.29 bits per heavy atom. The number of aromatic nitrogens is 2. The second kappa shape index (κ2) is 5.47. The van der Waals surface area contributed by atoms with Crippen LogP contribution in [-0.4, -0.2) is 47.2 Å². The smallest absolute Gasteiger partial charge is 0.274 e. The molecule has 0 saturated carbocycles. The number of nitrogens with two attached hydrogens (primary N) is 1. The summed E-state index contributed by atoms with van der Waals surface area (Å²) in [7, 11) is 0. The van der Waals surface area contributed by atoms with Gasteiger partial charge in [-0.15, -0.1) is 0 Å². The topological polar surface area (TPSA) is 78.2 Å². The minimum Gasteiger partial charge on any atom is -0.396 e. The van der Waals surface area contributed by atoms with Crippen LogP contribution in [0.15, 0.2) is 30.5 Å². The molecular weight excluding hydrogens is 266 g/mol. The van der Waals surface area contributed by atoms with E-state index in [2.05, 4.69) is 46.3 Å². The van der Waals surface area contributed by atoms with Crippen LogP contribution in [0.25, 0.3) is 0 Å². The molecule has 3 rings (SSSR count). The highest BCUT2D eigenvalue weighted by Crippen LogP contribution is 2.19. The molecule has 1 aliphatic heterocycles. The number of benzene rings is 1. The summed E-state index contributed by atoms with van der Waals surface area (Å²) in [5, 5.41) is 6.47. The van der Waals surface area contributed by atoms with E-state index in [1.807, 2.05) is 4.90 Å². The Balaban J connectivity index is 1.65. The number of hydrogen-bond acceptors (Lipinski definition) is 4. The van der Waals surface area contributed by atoms with E-state index in [1.165, 1.54) is 17.4 Å². The number of rotatable bonds is 2. The molecule has 1 aromatic carbocycles. The standard InChI is InChI=1S/C15H19N5O/c1-11-3-2-4-12(9-11)19-5-7-20(8-6-19)15(21)14-13(16)10-17-18-14/h2-4,9-10H,5-8,16H2,1H3,(H,17,18). The van der Waals surface area contributed by atoms with Gasteiger partial charge in [0.1, 0.15) is 5.69 Å². The molecule has 0 spiro atoms. The molecule has 2 heterocycles. The summed E-state index contributed by atoms with van der Waals surface area (Å²) in [4.78, 5) is 16.4. The molecule has 1 saturated heterocycles. The lowest BCUT2D eigenvalue weighted by atomic mass is 10.2. The average molecular weight is 285 g/mol. The first-order valence-corrected chi connectivity index (χ1v) is 7.05. The predicted octanol–water partition coefficient (Wildman–Crippen LogP) is 1.26. The summed E-state index contributed by atoms with van der Waals surface area (Å²) >= 11 is 0. The number of aromatic amines is 1. The number of carbonyl (C=O) groups excluding carboxylic acids is 1. The minimum absolute atomic E-state index is 0.0751. The lowest BCUT2D eigenvalue weighted by Gasteiger charge is -2.36. The number of nitrogens with zero attached hydrogens (tertiary/aromatic N) is 3. The summed E-state index contributed by atoms with van der Waals surface area (Å²) in [6.45, 7) is 5.10. The molecule has 0 radical (unpaired) electrons. The summed E-state index contributed by atoms with van der Waals surface area (Å²) in [6, 6.07) is 8.43. The van der Waals surface area contributed by atoms with Gasteiger partial charge in [0, 0.05) is 31.9 Å². The molecule has 0 bridgehead atoms. The highest BCUT2D eigenvalue weighted by Gasteiger charge is 2.24. The molecule has 0 atom stereocenters. The third kappa shape index (κ3) is 2.69. The van der Waals surface area contributed by atoms with Gasteiger partial charge in [-0.25, -0.2) is 0 Å². The largest absolute Gasteiger partial charge is 0.396 e. The van der Waals surface area contributed by atoms with Crippen LogP contribution in [-0.2, 0) is 0 Å². The summed E-state index contributed by atoms with van der Waals surface area (Å²) in [5.41, 5.74) is 8.98. The van der Waals surface area contributed by atoms with Gasteiger partial charge in [-0.3, -0.25) is 9.89 Å². The zero-order valence-electron chi connectivity index (χ0n) is 12.0. The van der Waals surface area contributed by atoms with Crippen molar-refractivity contribution in [3.63, 3.8) is 0 Å². The van der Waals surface area contributed by atoms with E-state index in [4.69, 9.17) is 5.73 Å². The first kappa shape index (κ1) is 13.5. The third-order valence-electron chi connectivity index (χ3n) is 3.82. The molecule has 110 valence electrons. The zero-order chi connectivity index (χ0) is 14.8. The van der Waals surface area contributed by atoms with Crippen LogP contribution in [0.5, 0.6) is 0 Å². The molecule has 6 heteroatoms. The Bertz CT molecular complexity index is 643. The van der Waals surface area contributed by atoms with E-state index >= 15 is 0 Å². The van der Waals surface area contributed by atoms with Crippen LogP contribution in [0.3, 0.4) is 0 Å². The maximum Gasteiger partial charge on any atom is 0.274 e. The highest BCUT2D eigenvalue weighted by atomic mass is 16.2. The Morgan fingerprint density at radius 3 is 2.67 bits per heavy atom. The van der Waals surface area contributed by atoms with Crippen LogP contribution < -0.4 is 10.6 Å². The van der Waals surface area contributed by atoms with Crippen LogP contribution in [0.2, 0.25) is 0 Å². The summed E-state index contributed by atoms with van der Waals surface area (Å²) in [5.74, 6) is -0.0751. The second-order valence-corrected chi connectivity index (χ2v) is 5.32. The molecule has 0 aliphatic carbocycles. The molecule has 2 aromatic rings. The van der Waals surface area contributed by atoms with Crippen molar-refractivity contribution in [2.24, 2.45) is 0 Å². The second-order valence-electron chi connectivity index (χ2n) is 5.32. The van der Waals surface area contributed by atoms with Crippen molar-refractivity contribution in [2.45, 2.75) is 6.92 Å². The Kier molecular flexibility index (Phi) is 3.51. The fraction of sp³-hybridized carbons (Fsp3) is 0.333. The minimum atomic E-state index is -0.0751. The van der Waals surface area contributed by atoms with Crippen molar-refractivity contribution in [2.75, 3.05) is 36.8 Å². The number of aryl methyl sites for hydroxylation is 1. The molecule has 6 nitrogen and oxygen atoms in total. The van der Waals surface area contributed by atoms with Gasteiger partial charge in [0.25, 0.3) is 5.91 Å². The number of nitrogens with one attached hydrogen (secondary N) is 1. The predicted molar refractivity (Wildman–Crippen MR) is 82.3 cm³/mol. The Morgan fingerprint density at radius 2 is 2.05 bits per heavy atom. The highest BCUT2D eigenvalue weighted by molar-refractivity contribution is 5.97. The fourth-order valence-electron chi connectivity index (χ4n) is 2.62. The van der Waals surface area contributed by atoms with E-state index < -0.39 is 0 Å². The van der Waals surface area contributed by atoms with Crippen LogP contribution in [0.1, 0.15) is 16.1 Å². The number of hydrogen-bond donors (Lipinski definition) is 2. The van der Waals surface area contributed by atoms with Crippen LogP contribution >= 0.6 is 0 Å². The van der Waals surface area contributed by atoms with Crippen molar-refractivity contribution in [3.05, 3.63) is 41.7 Å². The SMILES string of the molecule is Cc1cccc(N2CCN(C(=O)c3[nH]ncc3N)CC2)c1. The molecule has 0 unspecified atom stereocenters. The number of amides is 1. The van der Waals surface area contributed by atoms with E-state index in [1.54, 1.807) is 0 Å². The first-order valence-electron chi connectivity index (χ1n) is 7.05. The van der Waals surface area contributed by atoms with Gasteiger partial charge in [-0.2, -0.15) is 5.10 Å². The van der Waals surface area contributed by atoms with E-state index in [9.17, 15) is 4.79 Å². The maximum atomic E-state index is 12.3. The Labute approximate surface area is 123 Å². The van der Waals surface area contributed by atoms with Gasteiger partial charge in [-0.05, 0) is 24.6 Å². The van der Waals surface area contributed by atoms with Crippen molar-refractivity contribution in [3.8, 4) is 0 Å². The molecular formula is C15H19N5O. The van der Waals surface area contributed by atoms with Gasteiger partial charge in [0.2, 0.25) is 0 Å². The van der Waals surface area contributed by atoms with Crippen LogP contribution in [0, 0.1) is 6.92 Å². The molecule has 1 aliphatic rings. The van der Waals surface area contributed by atoms with Crippen molar-refractivity contribution < 1.29 is 4.79 Å². The first-order chi connectivity index (χ1) is 10.1. The van der Waals surface area contributed by atoms with Gasteiger partial charge < -0.3 is 15.5 Å². The van der Waals surface area contributed by atoms with E-state index in [0.29, 0.717) is 24.5 Å². The third-order valence-corrected chi connectivity index (χ3v) is 3.82. The van der Waals surface area contributed by atoms with Gasteiger partial charge >= 0.3 is 0 Å². The number of nitrogen functional groups attached to an aromatic ring is 1. The maximum absolute atomic E-state index is 12.3. The zero-order valence-corrected chi connectivity index (χ0v) is 12.0. The van der Waals surface area contributed by atoms with E-state index in [0.717, 1.165) is 13.1 Å². The normalized spacial score (nSPS) is 15.3. The monoisotopic (exact) mass is 285 g/mol. The lowest BCUT2D eigenvalue weighted by Crippen LogP contribution is -2.49. The number of H-pyrrole nitrogens is 1. The van der Waals surface area contributed by atoms with E-state index in [-0.39, 0.29) is 5.91 Å². The van der Waals surface area contributed by atoms with Gasteiger partial charge in [0.05, 0.1) is 11.9 Å². The summed E-state index contributed by atoms with van der Waals surface area (Å²) in [6.07, 6.45) is 1.47. The number of carbonyl (C=O) groups is 1. The lowest BCUT2D eigenvalue weighted by molar-refractivity contribution is 0.0742. The molecule has 1 fully saturated rings. The summed E-state index contributed by atoms with van der Waals surface area (Å²) < 4.78 is 0. The number of piperazine rings is 1. The van der Waals surface area contributed by atoms with Crippen molar-refractivity contribution in [1.82, 2.24) is 15.1 Å². The fourth-order valence-corrected chi connectivity index (χ4v) is 2.62. The number of anilines is 2. The molecule has 3 N–H and O–H groups in total. The van der Waals surface area contributed by atoms with Crippen molar-refractivity contribution >= 4 is 17.3 Å². The van der Waals surface area contributed by atoms with Crippen LogP contribution in [0.4, 0.5) is 11.4 Å². The Hall–Kier alpha value is -2.50. The average Bonchev–Trinajstić information content (AvgIpc) is 2.93. The quantitative estimate of drug-likeness (QED) is 0.871. The van der Waals surface area contributed by atoms with Gasteiger partial charge in [0.15, 0.2) is 0 Å².